The summed E-state index contributed by atoms with van der Waals surface area (Å²) in [4.78, 5) is 13.2. The minimum absolute atomic E-state index is 0.215. The molecule has 0 radical (unpaired) electrons. The summed E-state index contributed by atoms with van der Waals surface area (Å²) >= 11 is 0. The third-order valence-electron chi connectivity index (χ3n) is 3.93. The fraction of sp³-hybridized carbons (Fsp3) is 0.533. The smallest absolute Gasteiger partial charge is 0.248 e. The van der Waals surface area contributed by atoms with Gasteiger partial charge in [0.2, 0.25) is 5.91 Å². The van der Waals surface area contributed by atoms with Gasteiger partial charge in [0.1, 0.15) is 5.82 Å². The number of halogens is 1. The molecule has 110 valence electrons. The molecule has 0 spiro atoms. The Hall–Kier alpha value is -1.46. The van der Waals surface area contributed by atoms with Gasteiger partial charge in [0, 0.05) is 23.7 Å². The highest BCUT2D eigenvalue weighted by atomic mass is 19.1. The van der Waals surface area contributed by atoms with Gasteiger partial charge in [-0.15, -0.1) is 0 Å². The van der Waals surface area contributed by atoms with Crippen LogP contribution in [0.5, 0.6) is 0 Å². The Labute approximate surface area is 119 Å². The van der Waals surface area contributed by atoms with Crippen LogP contribution in [0.15, 0.2) is 18.2 Å². The predicted molar refractivity (Wildman–Crippen MR) is 76.9 cm³/mol. The number of amides is 1. The van der Waals surface area contributed by atoms with Crippen LogP contribution in [0.2, 0.25) is 0 Å². The third-order valence-corrected chi connectivity index (χ3v) is 3.93. The number of carbonyl (C=O) groups excluding carboxylic acids is 1. The fourth-order valence-corrected chi connectivity index (χ4v) is 2.67. The van der Waals surface area contributed by atoms with Crippen molar-refractivity contribution in [2.75, 3.05) is 20.1 Å². The van der Waals surface area contributed by atoms with Gasteiger partial charge in [-0.2, -0.15) is 0 Å². The second-order valence-corrected chi connectivity index (χ2v) is 5.42. The summed E-state index contributed by atoms with van der Waals surface area (Å²) < 4.78 is 14.0. The van der Waals surface area contributed by atoms with E-state index in [9.17, 15) is 9.18 Å². The van der Waals surface area contributed by atoms with Crippen LogP contribution in [-0.4, -0.2) is 37.0 Å². The first-order valence-corrected chi connectivity index (χ1v) is 7.07. The van der Waals surface area contributed by atoms with Crippen LogP contribution in [-0.2, 0) is 6.54 Å². The zero-order valence-corrected chi connectivity index (χ0v) is 11.9. The van der Waals surface area contributed by atoms with Gasteiger partial charge in [0.05, 0.1) is 0 Å². The SMILES string of the molecule is CN(Cc1ccc(C(N)=O)cc1F)C1CCCNCC1. The molecule has 1 aliphatic heterocycles. The molecule has 1 aliphatic rings. The van der Waals surface area contributed by atoms with Crippen LogP contribution in [0, 0.1) is 5.82 Å². The fourth-order valence-electron chi connectivity index (χ4n) is 2.67. The maximum Gasteiger partial charge on any atom is 0.248 e. The summed E-state index contributed by atoms with van der Waals surface area (Å²) in [6.45, 7) is 2.62. The summed E-state index contributed by atoms with van der Waals surface area (Å²) in [5.41, 5.74) is 5.97. The van der Waals surface area contributed by atoms with E-state index in [1.165, 1.54) is 6.07 Å². The van der Waals surface area contributed by atoms with Gasteiger partial charge in [-0.25, -0.2) is 4.39 Å². The molecule has 4 nitrogen and oxygen atoms in total. The summed E-state index contributed by atoms with van der Waals surface area (Å²) in [7, 11) is 2.03. The molecular formula is C15H22FN3O. The minimum atomic E-state index is -0.598. The van der Waals surface area contributed by atoms with E-state index in [2.05, 4.69) is 10.2 Å². The van der Waals surface area contributed by atoms with Gasteiger partial charge >= 0.3 is 0 Å². The van der Waals surface area contributed by atoms with Crippen LogP contribution in [0.3, 0.4) is 0 Å². The number of primary amides is 1. The summed E-state index contributed by atoms with van der Waals surface area (Å²) in [6.07, 6.45) is 3.36. The molecular weight excluding hydrogens is 257 g/mol. The Bertz CT molecular complexity index is 470. The molecule has 1 saturated heterocycles. The van der Waals surface area contributed by atoms with E-state index in [0.717, 1.165) is 32.4 Å². The van der Waals surface area contributed by atoms with Crippen molar-refractivity contribution >= 4 is 5.91 Å². The van der Waals surface area contributed by atoms with Crippen LogP contribution < -0.4 is 11.1 Å². The second-order valence-electron chi connectivity index (χ2n) is 5.42. The zero-order valence-electron chi connectivity index (χ0n) is 11.9. The largest absolute Gasteiger partial charge is 0.366 e. The van der Waals surface area contributed by atoms with Crippen molar-refractivity contribution in [2.45, 2.75) is 31.8 Å². The van der Waals surface area contributed by atoms with Gasteiger partial charge in [0.15, 0.2) is 0 Å². The Morgan fingerprint density at radius 3 is 2.95 bits per heavy atom. The van der Waals surface area contributed by atoms with E-state index in [1.54, 1.807) is 12.1 Å². The van der Waals surface area contributed by atoms with Crippen LogP contribution in [0.4, 0.5) is 4.39 Å². The van der Waals surface area contributed by atoms with Crippen molar-refractivity contribution in [1.29, 1.82) is 0 Å². The highest BCUT2D eigenvalue weighted by Crippen LogP contribution is 2.17. The number of benzene rings is 1. The van der Waals surface area contributed by atoms with E-state index < -0.39 is 5.91 Å². The lowest BCUT2D eigenvalue weighted by Gasteiger charge is -2.27. The molecule has 1 fully saturated rings. The molecule has 20 heavy (non-hydrogen) atoms. The maximum atomic E-state index is 14.0. The Morgan fingerprint density at radius 1 is 1.45 bits per heavy atom. The van der Waals surface area contributed by atoms with E-state index >= 15 is 0 Å². The highest BCUT2D eigenvalue weighted by Gasteiger charge is 2.18. The van der Waals surface area contributed by atoms with Crippen molar-refractivity contribution in [2.24, 2.45) is 5.73 Å². The topological polar surface area (TPSA) is 58.4 Å². The van der Waals surface area contributed by atoms with E-state index in [-0.39, 0.29) is 11.4 Å². The van der Waals surface area contributed by atoms with Crippen LogP contribution in [0.1, 0.15) is 35.2 Å². The highest BCUT2D eigenvalue weighted by molar-refractivity contribution is 5.92. The number of nitrogens with two attached hydrogens (primary N) is 1. The normalized spacial score (nSPS) is 19.9. The van der Waals surface area contributed by atoms with Gasteiger partial charge in [-0.05, 0) is 51.5 Å². The first kappa shape index (κ1) is 14.9. The van der Waals surface area contributed by atoms with Crippen molar-refractivity contribution in [1.82, 2.24) is 10.2 Å². The summed E-state index contributed by atoms with van der Waals surface area (Å²) in [5, 5.41) is 3.38. The summed E-state index contributed by atoms with van der Waals surface area (Å²) in [6, 6.07) is 4.93. The second kappa shape index (κ2) is 6.81. The van der Waals surface area contributed by atoms with E-state index in [1.807, 2.05) is 7.05 Å². The molecule has 1 atom stereocenters. The number of nitrogens with zero attached hydrogens (tertiary/aromatic N) is 1. The lowest BCUT2D eigenvalue weighted by atomic mass is 10.1. The van der Waals surface area contributed by atoms with Crippen molar-refractivity contribution in [3.8, 4) is 0 Å². The van der Waals surface area contributed by atoms with Crippen LogP contribution >= 0.6 is 0 Å². The first-order chi connectivity index (χ1) is 9.58. The molecule has 3 N–H and O–H groups in total. The number of hydrogen-bond acceptors (Lipinski definition) is 3. The lowest BCUT2D eigenvalue weighted by molar-refractivity contribution is 0.1000. The average Bonchev–Trinajstić information content (AvgIpc) is 2.69. The molecule has 5 heteroatoms. The quantitative estimate of drug-likeness (QED) is 0.878. The van der Waals surface area contributed by atoms with Crippen molar-refractivity contribution in [3.05, 3.63) is 35.1 Å². The molecule has 1 aromatic rings. The van der Waals surface area contributed by atoms with Gasteiger partial charge in [-0.1, -0.05) is 6.07 Å². The van der Waals surface area contributed by atoms with Gasteiger partial charge in [0.25, 0.3) is 0 Å². The molecule has 0 aromatic heterocycles. The molecule has 2 rings (SSSR count). The van der Waals surface area contributed by atoms with Crippen molar-refractivity contribution in [3.63, 3.8) is 0 Å². The number of nitrogens with one attached hydrogen (secondary N) is 1. The van der Waals surface area contributed by atoms with Crippen LogP contribution in [0.25, 0.3) is 0 Å². The van der Waals surface area contributed by atoms with E-state index in [4.69, 9.17) is 5.73 Å². The van der Waals surface area contributed by atoms with E-state index in [0.29, 0.717) is 18.2 Å². The Morgan fingerprint density at radius 2 is 2.25 bits per heavy atom. The van der Waals surface area contributed by atoms with Crippen molar-refractivity contribution < 1.29 is 9.18 Å². The number of hydrogen-bond donors (Lipinski definition) is 2. The standard InChI is InChI=1S/C15H22FN3O/c1-19(13-3-2-7-18-8-6-13)10-12-5-4-11(15(17)20)9-14(12)16/h4-5,9,13,18H,2-3,6-8,10H2,1H3,(H2,17,20). The number of rotatable bonds is 4. The zero-order chi connectivity index (χ0) is 14.5. The monoisotopic (exact) mass is 279 g/mol. The Balaban J connectivity index is 2.03. The molecule has 1 unspecified atom stereocenters. The van der Waals surface area contributed by atoms with Gasteiger partial charge < -0.3 is 11.1 Å². The molecule has 1 amide bonds. The lowest BCUT2D eigenvalue weighted by Crippen LogP contribution is -2.32. The maximum absolute atomic E-state index is 14.0. The molecule has 1 aromatic carbocycles. The molecule has 0 aliphatic carbocycles. The average molecular weight is 279 g/mol. The Kier molecular flexibility index (Phi) is 5.09. The first-order valence-electron chi connectivity index (χ1n) is 7.07. The molecule has 1 heterocycles. The summed E-state index contributed by atoms with van der Waals surface area (Å²) in [5.74, 6) is -0.960. The number of carbonyl (C=O) groups is 1. The molecule has 0 saturated carbocycles. The predicted octanol–water partition coefficient (Wildman–Crippen LogP) is 1.50. The molecule has 0 bridgehead atoms. The van der Waals surface area contributed by atoms with Gasteiger partial charge in [-0.3, -0.25) is 9.69 Å². The third kappa shape index (κ3) is 3.77. The minimum Gasteiger partial charge on any atom is -0.366 e.